The van der Waals surface area contributed by atoms with Gasteiger partial charge in [0.05, 0.1) is 13.5 Å². The van der Waals surface area contributed by atoms with Gasteiger partial charge in [0.15, 0.2) is 11.6 Å². The SMILES string of the molecule is COc1ccc(CC(=O)N2CCC(C3CCCCN3C)CC2)cc1F. The Balaban J connectivity index is 1.52. The maximum atomic E-state index is 13.8. The third-order valence-electron chi connectivity index (χ3n) is 5.83. The molecule has 1 amide bonds. The zero-order valence-electron chi connectivity index (χ0n) is 15.3. The van der Waals surface area contributed by atoms with E-state index in [2.05, 4.69) is 11.9 Å². The van der Waals surface area contributed by atoms with E-state index in [-0.39, 0.29) is 18.1 Å². The lowest BCUT2D eigenvalue weighted by molar-refractivity contribution is -0.132. The maximum absolute atomic E-state index is 13.8. The summed E-state index contributed by atoms with van der Waals surface area (Å²) in [5, 5.41) is 0. The summed E-state index contributed by atoms with van der Waals surface area (Å²) in [6.07, 6.45) is 6.35. The van der Waals surface area contributed by atoms with Crippen molar-refractivity contribution in [3.8, 4) is 5.75 Å². The molecular formula is C20H29FN2O2. The summed E-state index contributed by atoms with van der Waals surface area (Å²) in [6, 6.07) is 5.44. The first kappa shape index (κ1) is 18.2. The van der Waals surface area contributed by atoms with E-state index in [1.54, 1.807) is 12.1 Å². The molecule has 0 aliphatic carbocycles. The molecule has 25 heavy (non-hydrogen) atoms. The zero-order valence-corrected chi connectivity index (χ0v) is 15.3. The molecule has 0 radical (unpaired) electrons. The van der Waals surface area contributed by atoms with Crippen molar-refractivity contribution < 1.29 is 13.9 Å². The minimum absolute atomic E-state index is 0.0972. The highest BCUT2D eigenvalue weighted by atomic mass is 19.1. The molecule has 2 heterocycles. The Kier molecular flexibility index (Phi) is 5.94. The summed E-state index contributed by atoms with van der Waals surface area (Å²) in [6.45, 7) is 2.85. The fourth-order valence-electron chi connectivity index (χ4n) is 4.34. The van der Waals surface area contributed by atoms with Gasteiger partial charge in [-0.1, -0.05) is 12.5 Å². The molecule has 3 rings (SSSR count). The highest BCUT2D eigenvalue weighted by Gasteiger charge is 2.31. The Morgan fingerprint density at radius 3 is 2.60 bits per heavy atom. The van der Waals surface area contributed by atoms with Crippen molar-refractivity contribution in [2.24, 2.45) is 5.92 Å². The highest BCUT2D eigenvalue weighted by molar-refractivity contribution is 5.78. The van der Waals surface area contributed by atoms with Gasteiger partial charge < -0.3 is 14.5 Å². The molecule has 2 fully saturated rings. The normalized spacial score (nSPS) is 22.8. The molecule has 1 aromatic rings. The van der Waals surface area contributed by atoms with Crippen LogP contribution in [0.5, 0.6) is 5.75 Å². The Bertz CT molecular complexity index is 599. The molecule has 0 bridgehead atoms. The third kappa shape index (κ3) is 4.32. The van der Waals surface area contributed by atoms with Gasteiger partial charge in [-0.05, 0) is 62.9 Å². The standard InChI is InChI=1S/C20H29FN2O2/c1-22-10-4-3-5-18(22)16-8-11-23(12-9-16)20(24)14-15-6-7-19(25-2)17(21)13-15/h6-7,13,16,18H,3-5,8-12,14H2,1-2H3. The second-order valence-corrected chi connectivity index (χ2v) is 7.41. The minimum atomic E-state index is -0.410. The molecule has 5 heteroatoms. The number of halogens is 1. The predicted molar refractivity (Wildman–Crippen MR) is 96.2 cm³/mol. The quantitative estimate of drug-likeness (QED) is 0.838. The number of amides is 1. The molecule has 2 aliphatic heterocycles. The zero-order chi connectivity index (χ0) is 17.8. The van der Waals surface area contributed by atoms with Crippen LogP contribution < -0.4 is 4.74 Å². The summed E-state index contributed by atoms with van der Waals surface area (Å²) < 4.78 is 18.7. The Morgan fingerprint density at radius 1 is 1.20 bits per heavy atom. The van der Waals surface area contributed by atoms with Crippen molar-refractivity contribution in [1.29, 1.82) is 0 Å². The van der Waals surface area contributed by atoms with Crippen LogP contribution in [-0.4, -0.2) is 55.5 Å². The summed E-state index contributed by atoms with van der Waals surface area (Å²) in [5.74, 6) is 0.605. The first-order valence-electron chi connectivity index (χ1n) is 9.39. The van der Waals surface area contributed by atoms with Gasteiger partial charge in [0, 0.05) is 19.1 Å². The van der Waals surface area contributed by atoms with E-state index in [1.165, 1.54) is 39.0 Å². The van der Waals surface area contributed by atoms with Crippen LogP contribution in [0, 0.1) is 11.7 Å². The van der Waals surface area contributed by atoms with E-state index in [1.807, 2.05) is 4.90 Å². The lowest BCUT2D eigenvalue weighted by Gasteiger charge is -2.42. The molecule has 1 atom stereocenters. The molecule has 0 saturated carbocycles. The van der Waals surface area contributed by atoms with Crippen LogP contribution in [0.2, 0.25) is 0 Å². The van der Waals surface area contributed by atoms with Crippen LogP contribution in [0.4, 0.5) is 4.39 Å². The smallest absolute Gasteiger partial charge is 0.226 e. The van der Waals surface area contributed by atoms with E-state index < -0.39 is 5.82 Å². The van der Waals surface area contributed by atoms with Gasteiger partial charge in [-0.15, -0.1) is 0 Å². The molecular weight excluding hydrogens is 319 g/mol. The number of hydrogen-bond acceptors (Lipinski definition) is 3. The van der Waals surface area contributed by atoms with Gasteiger partial charge >= 0.3 is 0 Å². The largest absolute Gasteiger partial charge is 0.494 e. The van der Waals surface area contributed by atoms with Gasteiger partial charge in [-0.2, -0.15) is 0 Å². The van der Waals surface area contributed by atoms with Crippen molar-refractivity contribution in [3.63, 3.8) is 0 Å². The van der Waals surface area contributed by atoms with Crippen LogP contribution in [0.1, 0.15) is 37.7 Å². The molecule has 1 unspecified atom stereocenters. The second-order valence-electron chi connectivity index (χ2n) is 7.41. The Hall–Kier alpha value is -1.62. The van der Waals surface area contributed by atoms with Crippen molar-refractivity contribution in [1.82, 2.24) is 9.80 Å². The summed E-state index contributed by atoms with van der Waals surface area (Å²) >= 11 is 0. The van der Waals surface area contributed by atoms with E-state index in [0.717, 1.165) is 25.9 Å². The van der Waals surface area contributed by atoms with Crippen molar-refractivity contribution in [3.05, 3.63) is 29.6 Å². The summed E-state index contributed by atoms with van der Waals surface area (Å²) in [4.78, 5) is 17.0. The first-order valence-corrected chi connectivity index (χ1v) is 9.39. The van der Waals surface area contributed by atoms with Crippen LogP contribution in [0.25, 0.3) is 0 Å². The molecule has 0 spiro atoms. The van der Waals surface area contributed by atoms with E-state index in [4.69, 9.17) is 4.74 Å². The number of methoxy groups -OCH3 is 1. The maximum Gasteiger partial charge on any atom is 0.226 e. The predicted octanol–water partition coefficient (Wildman–Crippen LogP) is 3.10. The Labute approximate surface area is 149 Å². The number of nitrogens with zero attached hydrogens (tertiary/aromatic N) is 2. The van der Waals surface area contributed by atoms with E-state index in [0.29, 0.717) is 17.5 Å². The minimum Gasteiger partial charge on any atom is -0.494 e. The number of carbonyl (C=O) groups excluding carboxylic acids is 1. The van der Waals surface area contributed by atoms with Gasteiger partial charge in [0.25, 0.3) is 0 Å². The summed E-state index contributed by atoms with van der Waals surface area (Å²) in [7, 11) is 3.68. The van der Waals surface area contributed by atoms with E-state index in [9.17, 15) is 9.18 Å². The monoisotopic (exact) mass is 348 g/mol. The number of rotatable bonds is 4. The molecule has 4 nitrogen and oxygen atoms in total. The molecule has 2 aliphatic rings. The van der Waals surface area contributed by atoms with Crippen LogP contribution in [0.3, 0.4) is 0 Å². The number of benzene rings is 1. The highest BCUT2D eigenvalue weighted by Crippen LogP contribution is 2.29. The fraction of sp³-hybridized carbons (Fsp3) is 0.650. The molecule has 1 aromatic carbocycles. The van der Waals surface area contributed by atoms with Gasteiger partial charge in [-0.3, -0.25) is 4.79 Å². The molecule has 0 N–H and O–H groups in total. The molecule has 2 saturated heterocycles. The molecule has 138 valence electrons. The summed E-state index contributed by atoms with van der Waals surface area (Å²) in [5.41, 5.74) is 0.706. The van der Waals surface area contributed by atoms with Crippen molar-refractivity contribution >= 4 is 5.91 Å². The fourth-order valence-corrected chi connectivity index (χ4v) is 4.34. The third-order valence-corrected chi connectivity index (χ3v) is 5.83. The van der Waals surface area contributed by atoms with Crippen molar-refractivity contribution in [2.45, 2.75) is 44.6 Å². The van der Waals surface area contributed by atoms with Crippen LogP contribution >= 0.6 is 0 Å². The van der Waals surface area contributed by atoms with Gasteiger partial charge in [0.2, 0.25) is 5.91 Å². The topological polar surface area (TPSA) is 32.8 Å². The lowest BCUT2D eigenvalue weighted by atomic mass is 9.84. The molecule has 0 aromatic heterocycles. The number of piperidine rings is 2. The average Bonchev–Trinajstić information content (AvgIpc) is 2.62. The van der Waals surface area contributed by atoms with Crippen LogP contribution in [-0.2, 0) is 11.2 Å². The first-order chi connectivity index (χ1) is 12.1. The van der Waals surface area contributed by atoms with Gasteiger partial charge in [-0.25, -0.2) is 4.39 Å². The average molecular weight is 348 g/mol. The number of ether oxygens (including phenoxy) is 1. The van der Waals surface area contributed by atoms with Crippen molar-refractivity contribution in [2.75, 3.05) is 33.8 Å². The van der Waals surface area contributed by atoms with Gasteiger partial charge in [0.1, 0.15) is 0 Å². The van der Waals surface area contributed by atoms with E-state index >= 15 is 0 Å². The Morgan fingerprint density at radius 2 is 1.96 bits per heavy atom. The number of likely N-dealkylation sites (tertiary alicyclic amines) is 2. The second kappa shape index (κ2) is 8.17. The number of hydrogen-bond donors (Lipinski definition) is 0. The van der Waals surface area contributed by atoms with Crippen LogP contribution in [0.15, 0.2) is 18.2 Å². The number of carbonyl (C=O) groups is 1. The lowest BCUT2D eigenvalue weighted by Crippen LogP contribution is -2.47.